The monoisotopic (exact) mass is 255 g/mol. The Bertz CT molecular complexity index is 498. The fraction of sp³-hybridized carbons (Fsp3) is 0.500. The summed E-state index contributed by atoms with van der Waals surface area (Å²) < 4.78 is 25.6. The minimum absolute atomic E-state index is 0.214. The number of rotatable bonds is 3. The lowest BCUT2D eigenvalue weighted by atomic mass is 9.96. The van der Waals surface area contributed by atoms with E-state index in [1.54, 1.807) is 0 Å². The standard InChI is InChI=1S/C12H17NO3S/c1-10-8-11-4-2-3-5-12(11)13(9-10)17(15,16)7-6-14/h2-5,10,14H,6-9H2,1H3. The van der Waals surface area contributed by atoms with Gasteiger partial charge in [-0.05, 0) is 24.0 Å². The van der Waals surface area contributed by atoms with Crippen LogP contribution in [0.25, 0.3) is 0 Å². The van der Waals surface area contributed by atoms with Crippen molar-refractivity contribution < 1.29 is 13.5 Å². The quantitative estimate of drug-likeness (QED) is 0.877. The molecule has 0 aliphatic carbocycles. The molecular formula is C12H17NO3S. The molecule has 0 bridgehead atoms. The third kappa shape index (κ3) is 2.45. The summed E-state index contributed by atoms with van der Waals surface area (Å²) in [6, 6.07) is 7.56. The lowest BCUT2D eigenvalue weighted by Crippen LogP contribution is -2.41. The van der Waals surface area contributed by atoms with Crippen LogP contribution in [-0.2, 0) is 16.4 Å². The van der Waals surface area contributed by atoms with Crippen LogP contribution in [0.4, 0.5) is 5.69 Å². The summed E-state index contributed by atoms with van der Waals surface area (Å²) in [5, 5.41) is 8.84. The third-order valence-corrected chi connectivity index (χ3v) is 4.71. The lowest BCUT2D eigenvalue weighted by molar-refractivity contribution is 0.319. The van der Waals surface area contributed by atoms with Gasteiger partial charge in [-0.1, -0.05) is 25.1 Å². The van der Waals surface area contributed by atoms with Crippen LogP contribution in [0.3, 0.4) is 0 Å². The van der Waals surface area contributed by atoms with Gasteiger partial charge in [0.1, 0.15) is 0 Å². The molecule has 1 aromatic rings. The molecule has 0 amide bonds. The Balaban J connectivity index is 2.43. The minimum Gasteiger partial charge on any atom is -0.395 e. The van der Waals surface area contributed by atoms with E-state index in [9.17, 15) is 8.42 Å². The number of nitrogens with zero attached hydrogens (tertiary/aromatic N) is 1. The number of fused-ring (bicyclic) bond motifs is 1. The van der Waals surface area contributed by atoms with Crippen LogP contribution in [0.2, 0.25) is 0 Å². The molecule has 5 heteroatoms. The summed E-state index contributed by atoms with van der Waals surface area (Å²) in [6.07, 6.45) is 0.904. The molecule has 1 aliphatic rings. The molecule has 1 N–H and O–H groups in total. The molecule has 1 atom stereocenters. The van der Waals surface area contributed by atoms with Crippen molar-refractivity contribution in [3.05, 3.63) is 29.8 Å². The van der Waals surface area contributed by atoms with Gasteiger partial charge in [0.25, 0.3) is 0 Å². The zero-order chi connectivity index (χ0) is 12.5. The molecule has 94 valence electrons. The highest BCUT2D eigenvalue weighted by Gasteiger charge is 2.29. The summed E-state index contributed by atoms with van der Waals surface area (Å²) in [7, 11) is -3.40. The van der Waals surface area contributed by atoms with E-state index >= 15 is 0 Å². The SMILES string of the molecule is CC1Cc2ccccc2N(S(=O)(=O)CCO)C1. The zero-order valence-electron chi connectivity index (χ0n) is 9.83. The fourth-order valence-electron chi connectivity index (χ4n) is 2.24. The summed E-state index contributed by atoms with van der Waals surface area (Å²) in [4.78, 5) is 0. The molecule has 17 heavy (non-hydrogen) atoms. The first-order chi connectivity index (χ1) is 8.04. The second-order valence-electron chi connectivity index (χ2n) is 4.51. The molecule has 2 rings (SSSR count). The van der Waals surface area contributed by atoms with Crippen molar-refractivity contribution in [2.24, 2.45) is 5.92 Å². The van der Waals surface area contributed by atoms with E-state index in [1.165, 1.54) is 4.31 Å². The normalized spacial score (nSPS) is 20.1. The Morgan fingerprint density at radius 1 is 1.41 bits per heavy atom. The maximum atomic E-state index is 12.1. The van der Waals surface area contributed by atoms with E-state index in [-0.39, 0.29) is 12.4 Å². The molecule has 0 radical (unpaired) electrons. The van der Waals surface area contributed by atoms with E-state index in [0.717, 1.165) is 17.7 Å². The van der Waals surface area contributed by atoms with E-state index in [4.69, 9.17) is 5.11 Å². The molecule has 1 unspecified atom stereocenters. The van der Waals surface area contributed by atoms with Crippen LogP contribution in [0.1, 0.15) is 12.5 Å². The first kappa shape index (κ1) is 12.4. The van der Waals surface area contributed by atoms with Crippen molar-refractivity contribution in [3.8, 4) is 0 Å². The highest BCUT2D eigenvalue weighted by molar-refractivity contribution is 7.92. The second-order valence-corrected chi connectivity index (χ2v) is 6.52. The number of aliphatic hydroxyl groups is 1. The van der Waals surface area contributed by atoms with Gasteiger partial charge in [0, 0.05) is 6.54 Å². The number of aliphatic hydroxyl groups excluding tert-OH is 1. The van der Waals surface area contributed by atoms with Crippen molar-refractivity contribution in [3.63, 3.8) is 0 Å². The van der Waals surface area contributed by atoms with E-state index in [2.05, 4.69) is 0 Å². The van der Waals surface area contributed by atoms with Gasteiger partial charge in [0.2, 0.25) is 10.0 Å². The molecule has 0 aromatic heterocycles. The highest BCUT2D eigenvalue weighted by Crippen LogP contribution is 2.31. The van der Waals surface area contributed by atoms with Crippen LogP contribution >= 0.6 is 0 Å². The van der Waals surface area contributed by atoms with Crippen molar-refractivity contribution in [2.45, 2.75) is 13.3 Å². The molecule has 0 spiro atoms. The Hall–Kier alpha value is -1.07. The van der Waals surface area contributed by atoms with E-state index in [0.29, 0.717) is 12.5 Å². The summed E-state index contributed by atoms with van der Waals surface area (Å²) in [5.41, 5.74) is 1.83. The molecule has 1 aliphatic heterocycles. The lowest BCUT2D eigenvalue weighted by Gasteiger charge is -2.33. The Morgan fingerprint density at radius 3 is 2.82 bits per heavy atom. The first-order valence-corrected chi connectivity index (χ1v) is 7.34. The van der Waals surface area contributed by atoms with Crippen molar-refractivity contribution >= 4 is 15.7 Å². The molecular weight excluding hydrogens is 238 g/mol. The largest absolute Gasteiger partial charge is 0.395 e. The van der Waals surface area contributed by atoms with Gasteiger partial charge in [0.05, 0.1) is 18.0 Å². The predicted octanol–water partition coefficient (Wildman–Crippen LogP) is 1.01. The topological polar surface area (TPSA) is 57.6 Å². The number of sulfonamides is 1. The number of hydrogen-bond donors (Lipinski definition) is 1. The van der Waals surface area contributed by atoms with Gasteiger partial charge >= 0.3 is 0 Å². The highest BCUT2D eigenvalue weighted by atomic mass is 32.2. The Morgan fingerprint density at radius 2 is 2.12 bits per heavy atom. The fourth-order valence-corrected chi connectivity index (χ4v) is 3.65. The van der Waals surface area contributed by atoms with Gasteiger partial charge < -0.3 is 5.11 Å². The Labute approximate surface area is 102 Å². The molecule has 1 aromatic carbocycles. The minimum atomic E-state index is -3.40. The average Bonchev–Trinajstić information content (AvgIpc) is 2.27. The van der Waals surface area contributed by atoms with Crippen molar-refractivity contribution in [1.82, 2.24) is 0 Å². The summed E-state index contributed by atoms with van der Waals surface area (Å²) >= 11 is 0. The van der Waals surface area contributed by atoms with Gasteiger partial charge in [0.15, 0.2) is 0 Å². The second kappa shape index (κ2) is 4.66. The third-order valence-electron chi connectivity index (χ3n) is 2.99. The predicted molar refractivity (Wildman–Crippen MR) is 67.5 cm³/mol. The van der Waals surface area contributed by atoms with Gasteiger partial charge in [-0.3, -0.25) is 4.31 Å². The van der Waals surface area contributed by atoms with E-state index in [1.807, 2.05) is 31.2 Å². The summed E-state index contributed by atoms with van der Waals surface area (Å²) in [6.45, 7) is 2.20. The smallest absolute Gasteiger partial charge is 0.237 e. The molecule has 4 nitrogen and oxygen atoms in total. The number of anilines is 1. The molecule has 0 saturated heterocycles. The zero-order valence-corrected chi connectivity index (χ0v) is 10.7. The van der Waals surface area contributed by atoms with E-state index < -0.39 is 10.0 Å². The van der Waals surface area contributed by atoms with Gasteiger partial charge in [-0.25, -0.2) is 8.42 Å². The number of benzene rings is 1. The number of para-hydroxylation sites is 1. The molecule has 1 heterocycles. The van der Waals surface area contributed by atoms with Crippen LogP contribution in [0.15, 0.2) is 24.3 Å². The van der Waals surface area contributed by atoms with Crippen LogP contribution < -0.4 is 4.31 Å². The maximum absolute atomic E-state index is 12.1. The van der Waals surface area contributed by atoms with Gasteiger partial charge in [-0.2, -0.15) is 0 Å². The molecule has 0 saturated carbocycles. The average molecular weight is 255 g/mol. The Kier molecular flexibility index (Phi) is 3.40. The van der Waals surface area contributed by atoms with Crippen LogP contribution in [0, 0.1) is 5.92 Å². The maximum Gasteiger partial charge on any atom is 0.237 e. The summed E-state index contributed by atoms with van der Waals surface area (Å²) in [5.74, 6) is 0.0898. The van der Waals surface area contributed by atoms with Crippen LogP contribution in [-0.4, -0.2) is 32.4 Å². The molecule has 0 fully saturated rings. The van der Waals surface area contributed by atoms with Crippen molar-refractivity contribution in [1.29, 1.82) is 0 Å². The van der Waals surface area contributed by atoms with Crippen molar-refractivity contribution in [2.75, 3.05) is 23.2 Å². The van der Waals surface area contributed by atoms with Crippen LogP contribution in [0.5, 0.6) is 0 Å². The number of hydrogen-bond acceptors (Lipinski definition) is 3. The first-order valence-electron chi connectivity index (χ1n) is 5.74. The van der Waals surface area contributed by atoms with Gasteiger partial charge in [-0.15, -0.1) is 0 Å².